The van der Waals surface area contributed by atoms with Crippen LogP contribution in [0.4, 0.5) is 0 Å². The molecular formula is C44H70O4. The first-order chi connectivity index (χ1) is 23.6. The molecule has 0 rings (SSSR count). The van der Waals surface area contributed by atoms with Gasteiger partial charge in [-0.2, -0.15) is 0 Å². The van der Waals surface area contributed by atoms with Gasteiger partial charge in [0.2, 0.25) is 0 Å². The van der Waals surface area contributed by atoms with Crippen molar-refractivity contribution in [2.75, 3.05) is 0 Å². The minimum absolute atomic E-state index is 0.150. The highest BCUT2D eigenvalue weighted by atomic mass is 16.5. The molecule has 1 atom stereocenters. The Morgan fingerprint density at radius 3 is 1.46 bits per heavy atom. The maximum atomic E-state index is 12.5. The van der Waals surface area contributed by atoms with E-state index in [2.05, 4.69) is 98.9 Å². The number of carboxylic acids is 1. The van der Waals surface area contributed by atoms with E-state index >= 15 is 0 Å². The van der Waals surface area contributed by atoms with Crippen LogP contribution in [-0.4, -0.2) is 23.1 Å². The predicted molar refractivity (Wildman–Crippen MR) is 208 cm³/mol. The van der Waals surface area contributed by atoms with Gasteiger partial charge in [-0.1, -0.05) is 144 Å². The van der Waals surface area contributed by atoms with E-state index in [-0.39, 0.29) is 18.5 Å². The molecule has 0 heterocycles. The minimum Gasteiger partial charge on any atom is -0.481 e. The number of esters is 1. The van der Waals surface area contributed by atoms with Crippen molar-refractivity contribution in [3.05, 3.63) is 97.2 Å². The molecule has 1 N–H and O–H groups in total. The maximum Gasteiger partial charge on any atom is 0.306 e. The largest absolute Gasteiger partial charge is 0.481 e. The highest BCUT2D eigenvalue weighted by Crippen LogP contribution is 2.13. The Kier molecular flexibility index (Phi) is 35.8. The molecule has 0 aliphatic rings. The number of ether oxygens (including phenoxy) is 1. The van der Waals surface area contributed by atoms with Gasteiger partial charge in [-0.15, -0.1) is 0 Å². The molecule has 0 amide bonds. The Labute approximate surface area is 295 Å². The average Bonchev–Trinajstić information content (AvgIpc) is 3.07. The monoisotopic (exact) mass is 663 g/mol. The molecule has 0 aliphatic heterocycles. The van der Waals surface area contributed by atoms with Crippen LogP contribution in [0.1, 0.15) is 162 Å². The van der Waals surface area contributed by atoms with Gasteiger partial charge in [0.25, 0.3) is 0 Å². The Morgan fingerprint density at radius 1 is 0.500 bits per heavy atom. The van der Waals surface area contributed by atoms with E-state index in [4.69, 9.17) is 9.84 Å². The van der Waals surface area contributed by atoms with Crippen LogP contribution in [0, 0.1) is 0 Å². The number of carbonyl (C=O) groups is 2. The van der Waals surface area contributed by atoms with Crippen molar-refractivity contribution in [2.24, 2.45) is 0 Å². The lowest BCUT2D eigenvalue weighted by Gasteiger charge is -2.14. The van der Waals surface area contributed by atoms with E-state index in [0.717, 1.165) is 77.0 Å². The van der Waals surface area contributed by atoms with Gasteiger partial charge in [-0.3, -0.25) is 9.59 Å². The highest BCUT2D eigenvalue weighted by Gasteiger charge is 2.11. The van der Waals surface area contributed by atoms with Crippen molar-refractivity contribution in [3.8, 4) is 0 Å². The van der Waals surface area contributed by atoms with Crippen LogP contribution in [0.3, 0.4) is 0 Å². The van der Waals surface area contributed by atoms with Crippen LogP contribution < -0.4 is 0 Å². The molecule has 4 heteroatoms. The molecule has 48 heavy (non-hydrogen) atoms. The number of carbonyl (C=O) groups excluding carboxylic acids is 1. The summed E-state index contributed by atoms with van der Waals surface area (Å²) in [6.45, 7) is 4.39. The van der Waals surface area contributed by atoms with E-state index in [1.165, 1.54) is 44.9 Å². The SMILES string of the molecule is CC/C=C\C/C=C\C/C=C\C/C=C\C/C=C\C(CCCCC(=O)O)OC(=O)CCCCCCCC/C=C\C/C=C\C/C=C\CCCCC. The summed E-state index contributed by atoms with van der Waals surface area (Å²) in [4.78, 5) is 23.4. The Hall–Kier alpha value is -3.14. The summed E-state index contributed by atoms with van der Waals surface area (Å²) >= 11 is 0. The molecule has 1 unspecified atom stereocenters. The number of hydrogen-bond acceptors (Lipinski definition) is 3. The molecule has 0 spiro atoms. The van der Waals surface area contributed by atoms with Crippen LogP contribution in [0.5, 0.6) is 0 Å². The van der Waals surface area contributed by atoms with Gasteiger partial charge in [0.1, 0.15) is 6.10 Å². The van der Waals surface area contributed by atoms with Gasteiger partial charge in [0.15, 0.2) is 0 Å². The molecule has 270 valence electrons. The normalized spacial score (nSPS) is 13.4. The molecule has 4 nitrogen and oxygen atoms in total. The summed E-state index contributed by atoms with van der Waals surface area (Å²) < 4.78 is 5.77. The van der Waals surface area contributed by atoms with Crippen molar-refractivity contribution in [1.29, 1.82) is 0 Å². The van der Waals surface area contributed by atoms with Crippen LogP contribution in [0.2, 0.25) is 0 Å². The van der Waals surface area contributed by atoms with Gasteiger partial charge in [0, 0.05) is 12.8 Å². The maximum absolute atomic E-state index is 12.5. The van der Waals surface area contributed by atoms with Crippen LogP contribution in [-0.2, 0) is 14.3 Å². The number of rotatable bonds is 33. The number of unbranched alkanes of at least 4 members (excludes halogenated alkanes) is 10. The highest BCUT2D eigenvalue weighted by molar-refractivity contribution is 5.69. The second kappa shape index (κ2) is 38.3. The summed E-state index contributed by atoms with van der Waals surface area (Å²) in [5.74, 6) is -0.934. The lowest BCUT2D eigenvalue weighted by Crippen LogP contribution is -2.16. The van der Waals surface area contributed by atoms with E-state index in [9.17, 15) is 9.59 Å². The molecule has 0 aromatic heterocycles. The van der Waals surface area contributed by atoms with E-state index < -0.39 is 5.97 Å². The first-order valence-electron chi connectivity index (χ1n) is 19.2. The molecule has 0 bridgehead atoms. The zero-order chi connectivity index (χ0) is 35.0. The summed E-state index contributed by atoms with van der Waals surface area (Å²) in [5, 5.41) is 8.93. The fourth-order valence-electron chi connectivity index (χ4n) is 4.96. The number of allylic oxidation sites excluding steroid dienone is 15. The quantitative estimate of drug-likeness (QED) is 0.0431. The Bertz CT molecular complexity index is 976. The third kappa shape index (κ3) is 37.3. The molecule has 0 saturated carbocycles. The molecule has 0 aliphatic carbocycles. The van der Waals surface area contributed by atoms with Crippen LogP contribution in [0.25, 0.3) is 0 Å². The standard InChI is InChI=1S/C44H70O4/c1-3-5-7-9-11-13-15-17-19-20-21-22-23-25-27-29-31-33-35-41-44(47)48-42(39-36-37-40-43(45)46)38-34-32-30-28-26-24-18-16-14-12-10-8-6-4-2/h6,8,11-14,17-19,21-22,24,28,30,34,38,42H,3-5,7,9-10,15-16,20,23,25-27,29,31-33,35-37,39-41H2,1-2H3,(H,45,46)/b8-6-,13-11-,14-12-,19-17-,22-21-,24-18-,30-28-,38-34-. The summed E-state index contributed by atoms with van der Waals surface area (Å²) in [6, 6.07) is 0. The third-order valence-corrected chi connectivity index (χ3v) is 7.77. The smallest absolute Gasteiger partial charge is 0.306 e. The van der Waals surface area contributed by atoms with Crippen molar-refractivity contribution >= 4 is 11.9 Å². The number of aliphatic carboxylic acids is 1. The first kappa shape index (κ1) is 44.9. The van der Waals surface area contributed by atoms with E-state index in [0.29, 0.717) is 19.3 Å². The number of carboxylic acid groups (broad SMARTS) is 1. The van der Waals surface area contributed by atoms with Crippen molar-refractivity contribution in [2.45, 2.75) is 168 Å². The second-order valence-electron chi connectivity index (χ2n) is 12.4. The molecule has 0 fully saturated rings. The predicted octanol–water partition coefficient (Wildman–Crippen LogP) is 13.4. The van der Waals surface area contributed by atoms with E-state index in [1.54, 1.807) is 0 Å². The van der Waals surface area contributed by atoms with Crippen molar-refractivity contribution < 1.29 is 19.4 Å². The second-order valence-corrected chi connectivity index (χ2v) is 12.4. The van der Waals surface area contributed by atoms with Crippen molar-refractivity contribution in [3.63, 3.8) is 0 Å². The van der Waals surface area contributed by atoms with Gasteiger partial charge in [-0.25, -0.2) is 0 Å². The fraction of sp³-hybridized carbons (Fsp3) is 0.591. The lowest BCUT2D eigenvalue weighted by atomic mass is 10.1. The molecule has 0 aromatic rings. The third-order valence-electron chi connectivity index (χ3n) is 7.77. The van der Waals surface area contributed by atoms with Gasteiger partial charge in [-0.05, 0) is 102 Å². The van der Waals surface area contributed by atoms with E-state index in [1.807, 2.05) is 12.2 Å². The lowest BCUT2D eigenvalue weighted by molar-refractivity contribution is -0.147. The van der Waals surface area contributed by atoms with Gasteiger partial charge in [0.05, 0.1) is 0 Å². The summed E-state index contributed by atoms with van der Waals surface area (Å²) in [6.07, 6.45) is 57.1. The molecule has 0 saturated heterocycles. The molecule has 0 radical (unpaired) electrons. The summed E-state index contributed by atoms with van der Waals surface area (Å²) in [5.41, 5.74) is 0. The average molecular weight is 663 g/mol. The molecule has 0 aromatic carbocycles. The zero-order valence-electron chi connectivity index (χ0n) is 30.8. The Morgan fingerprint density at radius 2 is 0.938 bits per heavy atom. The summed E-state index contributed by atoms with van der Waals surface area (Å²) in [7, 11) is 0. The zero-order valence-corrected chi connectivity index (χ0v) is 30.8. The van der Waals surface area contributed by atoms with Gasteiger partial charge >= 0.3 is 11.9 Å². The fourth-order valence-corrected chi connectivity index (χ4v) is 4.96. The van der Waals surface area contributed by atoms with Gasteiger partial charge < -0.3 is 9.84 Å². The first-order valence-corrected chi connectivity index (χ1v) is 19.2. The van der Waals surface area contributed by atoms with Crippen LogP contribution in [0.15, 0.2) is 97.2 Å². The molecular weight excluding hydrogens is 592 g/mol. The topological polar surface area (TPSA) is 63.6 Å². The van der Waals surface area contributed by atoms with Crippen molar-refractivity contribution in [1.82, 2.24) is 0 Å². The minimum atomic E-state index is -0.783. The Balaban J connectivity index is 4.11. The number of hydrogen-bond donors (Lipinski definition) is 1. The van der Waals surface area contributed by atoms with Crippen LogP contribution >= 0.6 is 0 Å².